The first-order valence-electron chi connectivity index (χ1n) is 9.54. The molecule has 0 spiro atoms. The van der Waals surface area contributed by atoms with Crippen LogP contribution in [-0.4, -0.2) is 28.4 Å². The zero-order chi connectivity index (χ0) is 20.3. The number of aromatic nitrogens is 1. The third-order valence-corrected chi connectivity index (χ3v) is 4.82. The number of rotatable bonds is 7. The van der Waals surface area contributed by atoms with E-state index in [2.05, 4.69) is 9.98 Å². The van der Waals surface area contributed by atoms with E-state index in [1.54, 1.807) is 19.1 Å². The lowest BCUT2D eigenvalue weighted by Gasteiger charge is -2.15. The zero-order valence-electron chi connectivity index (χ0n) is 16.4. The minimum absolute atomic E-state index is 0.00773. The van der Waals surface area contributed by atoms with Crippen LogP contribution in [0, 0.1) is 5.82 Å². The molecule has 28 heavy (non-hydrogen) atoms. The maximum Gasteiger partial charge on any atom is 0.218 e. The normalized spacial score (nSPS) is 15.0. The molecule has 1 aliphatic rings. The van der Waals surface area contributed by atoms with Crippen LogP contribution >= 0.6 is 0 Å². The Labute approximate surface area is 164 Å². The van der Waals surface area contributed by atoms with Crippen LogP contribution in [0.25, 0.3) is 0 Å². The topological polar surface area (TPSA) is 71.8 Å². The van der Waals surface area contributed by atoms with Gasteiger partial charge in [-0.2, -0.15) is 0 Å². The van der Waals surface area contributed by atoms with Gasteiger partial charge in [-0.05, 0) is 49.1 Å². The number of ether oxygens (including phenoxy) is 1. The van der Waals surface area contributed by atoms with Crippen molar-refractivity contribution in [2.45, 2.75) is 52.2 Å². The van der Waals surface area contributed by atoms with Crippen molar-refractivity contribution in [3.63, 3.8) is 0 Å². The highest BCUT2D eigenvalue weighted by Gasteiger charge is 2.26. The number of hydrogen-bond donors (Lipinski definition) is 1. The van der Waals surface area contributed by atoms with Crippen molar-refractivity contribution in [2.75, 3.05) is 6.61 Å². The van der Waals surface area contributed by atoms with E-state index in [9.17, 15) is 14.3 Å². The molecule has 1 N–H and O–H groups in total. The van der Waals surface area contributed by atoms with Crippen LogP contribution in [-0.2, 0) is 22.5 Å². The maximum atomic E-state index is 13.1. The number of ketones is 1. The highest BCUT2D eigenvalue weighted by atomic mass is 19.1. The molecule has 0 saturated heterocycles. The second-order valence-corrected chi connectivity index (χ2v) is 7.14. The van der Waals surface area contributed by atoms with Crippen molar-refractivity contribution in [1.82, 2.24) is 4.98 Å². The van der Waals surface area contributed by atoms with Gasteiger partial charge in [-0.3, -0.25) is 9.78 Å². The summed E-state index contributed by atoms with van der Waals surface area (Å²) in [5.41, 5.74) is 3.71. The first-order valence-corrected chi connectivity index (χ1v) is 9.54. The number of hydrogen-bond acceptors (Lipinski definition) is 5. The maximum absolute atomic E-state index is 13.1. The zero-order valence-corrected chi connectivity index (χ0v) is 16.4. The van der Waals surface area contributed by atoms with E-state index < -0.39 is 6.10 Å². The summed E-state index contributed by atoms with van der Waals surface area (Å²) in [6, 6.07) is 8.10. The van der Waals surface area contributed by atoms with Crippen molar-refractivity contribution >= 4 is 11.7 Å². The van der Waals surface area contributed by atoms with Gasteiger partial charge >= 0.3 is 0 Å². The number of fused-ring (bicyclic) bond motifs is 1. The van der Waals surface area contributed by atoms with Crippen molar-refractivity contribution in [1.29, 1.82) is 0 Å². The van der Waals surface area contributed by atoms with Crippen molar-refractivity contribution < 1.29 is 19.0 Å². The summed E-state index contributed by atoms with van der Waals surface area (Å²) in [6.07, 6.45) is -0.261. The molecule has 1 aliphatic heterocycles. The molecule has 6 heteroatoms. The molecule has 2 heterocycles. The van der Waals surface area contributed by atoms with Crippen molar-refractivity contribution in [3.05, 3.63) is 64.2 Å². The SMILES string of the molecule is CCOC1=NCc2cc(CC(=O)C[C@H](C)c3ccc(F)cc3)nc([C@H](C)O)c21. The Morgan fingerprint density at radius 1 is 1.29 bits per heavy atom. The van der Waals surface area contributed by atoms with E-state index in [1.807, 2.05) is 19.9 Å². The van der Waals surface area contributed by atoms with Crippen molar-refractivity contribution in [2.24, 2.45) is 4.99 Å². The van der Waals surface area contributed by atoms with Gasteiger partial charge in [0.2, 0.25) is 5.90 Å². The fraction of sp³-hybridized carbons (Fsp3) is 0.409. The van der Waals surface area contributed by atoms with Crippen LogP contribution in [0.5, 0.6) is 0 Å². The number of pyridine rings is 1. The van der Waals surface area contributed by atoms with Gasteiger partial charge in [0.25, 0.3) is 0 Å². The Bertz CT molecular complexity index is 891. The van der Waals surface area contributed by atoms with Crippen LogP contribution in [0.2, 0.25) is 0 Å². The Hall–Kier alpha value is -2.60. The summed E-state index contributed by atoms with van der Waals surface area (Å²) in [4.78, 5) is 21.5. The molecule has 2 atom stereocenters. The third kappa shape index (κ3) is 4.44. The second-order valence-electron chi connectivity index (χ2n) is 7.14. The Morgan fingerprint density at radius 2 is 2.00 bits per heavy atom. The molecular weight excluding hydrogens is 359 g/mol. The summed E-state index contributed by atoms with van der Waals surface area (Å²) in [5.74, 6) is 0.254. The number of carbonyl (C=O) groups excluding carboxylic acids is 1. The fourth-order valence-corrected chi connectivity index (χ4v) is 3.46. The molecule has 0 radical (unpaired) electrons. The minimum Gasteiger partial charge on any atom is -0.478 e. The van der Waals surface area contributed by atoms with Crippen LogP contribution in [0.4, 0.5) is 4.39 Å². The first-order chi connectivity index (χ1) is 13.4. The molecule has 0 aliphatic carbocycles. The predicted octanol–water partition coefficient (Wildman–Crippen LogP) is 3.88. The Morgan fingerprint density at radius 3 is 2.64 bits per heavy atom. The smallest absolute Gasteiger partial charge is 0.218 e. The summed E-state index contributed by atoms with van der Waals surface area (Å²) < 4.78 is 18.6. The molecule has 0 fully saturated rings. The summed E-state index contributed by atoms with van der Waals surface area (Å²) in [6.45, 7) is 6.42. The van der Waals surface area contributed by atoms with Gasteiger partial charge in [-0.15, -0.1) is 0 Å². The number of aliphatic hydroxyl groups is 1. The van der Waals surface area contributed by atoms with Gasteiger partial charge in [0.1, 0.15) is 11.6 Å². The van der Waals surface area contributed by atoms with Gasteiger partial charge in [-0.1, -0.05) is 19.1 Å². The van der Waals surface area contributed by atoms with Crippen LogP contribution in [0.3, 0.4) is 0 Å². The summed E-state index contributed by atoms with van der Waals surface area (Å²) in [7, 11) is 0. The molecular formula is C22H25FN2O3. The lowest BCUT2D eigenvalue weighted by atomic mass is 9.93. The molecule has 0 saturated carbocycles. The predicted molar refractivity (Wildman–Crippen MR) is 105 cm³/mol. The monoisotopic (exact) mass is 384 g/mol. The largest absolute Gasteiger partial charge is 0.478 e. The van der Waals surface area contributed by atoms with Gasteiger partial charge in [0.15, 0.2) is 0 Å². The molecule has 0 amide bonds. The number of aliphatic imine (C=N–C) groups is 1. The highest BCUT2D eigenvalue weighted by molar-refractivity contribution is 5.99. The van der Waals surface area contributed by atoms with Crippen LogP contribution < -0.4 is 0 Å². The van der Waals surface area contributed by atoms with Gasteiger partial charge in [0.05, 0.1) is 30.5 Å². The number of nitrogens with zero attached hydrogens (tertiary/aromatic N) is 2. The summed E-state index contributed by atoms with van der Waals surface area (Å²) >= 11 is 0. The number of benzene rings is 1. The van der Waals surface area contributed by atoms with E-state index in [1.165, 1.54) is 12.1 Å². The lowest BCUT2D eigenvalue weighted by molar-refractivity contribution is -0.118. The first kappa shape index (κ1) is 20.1. The van der Waals surface area contributed by atoms with Gasteiger partial charge in [-0.25, -0.2) is 9.38 Å². The van der Waals surface area contributed by atoms with Crippen molar-refractivity contribution in [3.8, 4) is 0 Å². The molecule has 5 nitrogen and oxygen atoms in total. The average molecular weight is 384 g/mol. The molecule has 148 valence electrons. The molecule has 0 unspecified atom stereocenters. The average Bonchev–Trinajstić information content (AvgIpc) is 3.04. The van der Waals surface area contributed by atoms with Crippen LogP contribution in [0.1, 0.15) is 67.3 Å². The number of carbonyl (C=O) groups is 1. The quantitative estimate of drug-likeness (QED) is 0.786. The Kier molecular flexibility index (Phi) is 6.19. The molecule has 2 aromatic rings. The molecule has 1 aromatic heterocycles. The molecule has 0 bridgehead atoms. The van der Waals surface area contributed by atoms with E-state index in [-0.39, 0.29) is 23.9 Å². The second kappa shape index (κ2) is 8.61. The minimum atomic E-state index is -0.786. The third-order valence-electron chi connectivity index (χ3n) is 4.82. The van der Waals surface area contributed by atoms with E-state index in [4.69, 9.17) is 4.74 Å². The highest BCUT2D eigenvalue weighted by Crippen LogP contribution is 2.28. The molecule has 3 rings (SSSR count). The van der Waals surface area contributed by atoms with E-state index in [0.29, 0.717) is 36.9 Å². The standard InChI is InChI=1S/C22H25FN2O3/c1-4-28-22-20-16(12-24-22)10-18(25-21(20)14(3)26)11-19(27)9-13(2)15-5-7-17(23)8-6-15/h5-8,10,13-14,26H,4,9,11-12H2,1-3H3/t13-,14-/m0/s1. The van der Waals surface area contributed by atoms with Gasteiger partial charge < -0.3 is 9.84 Å². The fourth-order valence-electron chi connectivity index (χ4n) is 3.46. The van der Waals surface area contributed by atoms with Crippen LogP contribution in [0.15, 0.2) is 35.3 Å². The number of aliphatic hydroxyl groups excluding tert-OH is 1. The Balaban J connectivity index is 1.75. The molecule has 1 aromatic carbocycles. The van der Waals surface area contributed by atoms with Gasteiger partial charge in [0, 0.05) is 18.5 Å². The summed E-state index contributed by atoms with van der Waals surface area (Å²) in [5, 5.41) is 10.2. The lowest BCUT2D eigenvalue weighted by Crippen LogP contribution is -2.15. The number of Topliss-reactive ketones (excluding diaryl/α,β-unsaturated/α-hetero) is 1. The van der Waals surface area contributed by atoms with E-state index in [0.717, 1.165) is 16.7 Å². The van der Waals surface area contributed by atoms with E-state index >= 15 is 0 Å². The number of halogens is 1.